The number of hydrogen-bond acceptors (Lipinski definition) is 2. The molecule has 0 aliphatic heterocycles. The smallest absolute Gasteiger partial charge is 0.253 e. The maximum atomic E-state index is 13.3. The van der Waals surface area contributed by atoms with Crippen molar-refractivity contribution >= 4 is 21.8 Å². The Labute approximate surface area is 108 Å². The summed E-state index contributed by atoms with van der Waals surface area (Å²) in [5.74, 6) is -0.721. The Hall–Kier alpha value is -1.41. The van der Waals surface area contributed by atoms with Gasteiger partial charge in [0, 0.05) is 18.7 Å². The van der Waals surface area contributed by atoms with Crippen LogP contribution in [-0.4, -0.2) is 23.9 Å². The molecule has 0 aliphatic rings. The van der Waals surface area contributed by atoms with Crippen molar-refractivity contribution in [3.63, 3.8) is 0 Å². The molecule has 0 atom stereocenters. The molecule has 0 aliphatic carbocycles. The third-order valence-electron chi connectivity index (χ3n) is 2.33. The van der Waals surface area contributed by atoms with Crippen LogP contribution in [0.1, 0.15) is 23.7 Å². The van der Waals surface area contributed by atoms with Crippen LogP contribution in [-0.2, 0) is 0 Å². The third kappa shape index (κ3) is 3.53. The van der Waals surface area contributed by atoms with Crippen LogP contribution in [0.3, 0.4) is 0 Å². The predicted octanol–water partition coefficient (Wildman–Crippen LogP) is 2.96. The van der Waals surface area contributed by atoms with Crippen LogP contribution in [0.5, 0.6) is 0 Å². The Kier molecular flexibility index (Phi) is 5.11. The highest BCUT2D eigenvalue weighted by atomic mass is 79.9. The van der Waals surface area contributed by atoms with E-state index in [-0.39, 0.29) is 12.3 Å². The molecular formula is C12H12BrFN2O. The molecule has 0 unspecified atom stereocenters. The first-order valence-electron chi connectivity index (χ1n) is 5.21. The van der Waals surface area contributed by atoms with Gasteiger partial charge in [0.05, 0.1) is 17.0 Å². The molecular weight excluding hydrogens is 287 g/mol. The van der Waals surface area contributed by atoms with Crippen molar-refractivity contribution in [1.29, 1.82) is 5.26 Å². The number of halogens is 2. The number of benzene rings is 1. The minimum absolute atomic E-state index is 0.255. The third-order valence-corrected chi connectivity index (χ3v) is 2.97. The van der Waals surface area contributed by atoms with Crippen molar-refractivity contribution in [3.8, 4) is 6.07 Å². The molecule has 1 amide bonds. The zero-order chi connectivity index (χ0) is 12.8. The molecule has 3 nitrogen and oxygen atoms in total. The van der Waals surface area contributed by atoms with E-state index in [0.29, 0.717) is 23.1 Å². The molecule has 0 fully saturated rings. The highest BCUT2D eigenvalue weighted by Gasteiger charge is 2.15. The van der Waals surface area contributed by atoms with Gasteiger partial charge >= 0.3 is 0 Å². The molecule has 1 aromatic rings. The van der Waals surface area contributed by atoms with Gasteiger partial charge in [-0.05, 0) is 41.1 Å². The van der Waals surface area contributed by atoms with E-state index < -0.39 is 5.82 Å². The van der Waals surface area contributed by atoms with Crippen LogP contribution in [0, 0.1) is 17.1 Å². The van der Waals surface area contributed by atoms with Gasteiger partial charge in [-0.1, -0.05) is 0 Å². The monoisotopic (exact) mass is 298 g/mol. The average molecular weight is 299 g/mol. The summed E-state index contributed by atoms with van der Waals surface area (Å²) in [5.41, 5.74) is 0.297. The highest BCUT2D eigenvalue weighted by Crippen LogP contribution is 2.17. The lowest BCUT2D eigenvalue weighted by molar-refractivity contribution is 0.0767. The fourth-order valence-corrected chi connectivity index (χ4v) is 1.65. The van der Waals surface area contributed by atoms with Gasteiger partial charge in [0.2, 0.25) is 0 Å². The molecule has 0 saturated carbocycles. The van der Waals surface area contributed by atoms with E-state index in [1.807, 2.05) is 13.0 Å². The Morgan fingerprint density at radius 3 is 2.82 bits per heavy atom. The molecule has 0 bridgehead atoms. The SMILES string of the molecule is CCN(CCC#N)C(=O)c1ccc(Br)c(F)c1. The molecule has 17 heavy (non-hydrogen) atoms. The summed E-state index contributed by atoms with van der Waals surface area (Å²) in [7, 11) is 0. The fraction of sp³-hybridized carbons (Fsp3) is 0.333. The van der Waals surface area contributed by atoms with Gasteiger partial charge in [-0.3, -0.25) is 4.79 Å². The Bertz CT molecular complexity index is 456. The summed E-state index contributed by atoms with van der Waals surface area (Å²) in [6.45, 7) is 2.69. The van der Waals surface area contributed by atoms with E-state index in [1.165, 1.54) is 17.0 Å². The Morgan fingerprint density at radius 2 is 2.29 bits per heavy atom. The normalized spacial score (nSPS) is 9.76. The number of amides is 1. The van der Waals surface area contributed by atoms with Crippen molar-refractivity contribution in [2.75, 3.05) is 13.1 Å². The average Bonchev–Trinajstić information content (AvgIpc) is 2.33. The predicted molar refractivity (Wildman–Crippen MR) is 65.9 cm³/mol. The molecule has 0 radical (unpaired) electrons. The first-order valence-corrected chi connectivity index (χ1v) is 6.00. The minimum atomic E-state index is -0.466. The maximum absolute atomic E-state index is 13.3. The van der Waals surface area contributed by atoms with Gasteiger partial charge in [0.15, 0.2) is 0 Å². The van der Waals surface area contributed by atoms with Crippen LogP contribution < -0.4 is 0 Å². The van der Waals surface area contributed by atoms with Gasteiger partial charge in [-0.2, -0.15) is 5.26 Å². The molecule has 0 spiro atoms. The van der Waals surface area contributed by atoms with Gasteiger partial charge < -0.3 is 4.90 Å². The molecule has 0 saturated heterocycles. The second-order valence-corrected chi connectivity index (χ2v) is 4.28. The number of nitriles is 1. The highest BCUT2D eigenvalue weighted by molar-refractivity contribution is 9.10. The zero-order valence-corrected chi connectivity index (χ0v) is 11.0. The quantitative estimate of drug-likeness (QED) is 0.858. The molecule has 5 heteroatoms. The first-order chi connectivity index (χ1) is 8.10. The van der Waals surface area contributed by atoms with Crippen molar-refractivity contribution in [2.24, 2.45) is 0 Å². The summed E-state index contributed by atoms with van der Waals surface area (Å²) in [6.07, 6.45) is 0.276. The van der Waals surface area contributed by atoms with Crippen molar-refractivity contribution < 1.29 is 9.18 Å². The van der Waals surface area contributed by atoms with Gasteiger partial charge in [0.25, 0.3) is 5.91 Å². The number of carbonyl (C=O) groups is 1. The zero-order valence-electron chi connectivity index (χ0n) is 9.41. The lowest BCUT2D eigenvalue weighted by atomic mass is 10.2. The summed E-state index contributed by atoms with van der Waals surface area (Å²) < 4.78 is 13.6. The summed E-state index contributed by atoms with van der Waals surface area (Å²) in [6, 6.07) is 6.24. The van der Waals surface area contributed by atoms with Gasteiger partial charge in [-0.15, -0.1) is 0 Å². The van der Waals surface area contributed by atoms with Crippen LogP contribution in [0.25, 0.3) is 0 Å². The second-order valence-electron chi connectivity index (χ2n) is 3.42. The first kappa shape index (κ1) is 13.7. The van der Waals surface area contributed by atoms with Crippen LogP contribution in [0.2, 0.25) is 0 Å². The topological polar surface area (TPSA) is 44.1 Å². The summed E-state index contributed by atoms with van der Waals surface area (Å²) >= 11 is 3.03. The molecule has 0 N–H and O–H groups in total. The molecule has 0 heterocycles. The van der Waals surface area contributed by atoms with E-state index in [9.17, 15) is 9.18 Å². The largest absolute Gasteiger partial charge is 0.338 e. The molecule has 0 aromatic heterocycles. The fourth-order valence-electron chi connectivity index (χ4n) is 1.40. The minimum Gasteiger partial charge on any atom is -0.338 e. The molecule has 90 valence electrons. The number of rotatable bonds is 4. The van der Waals surface area contributed by atoms with E-state index >= 15 is 0 Å². The lowest BCUT2D eigenvalue weighted by Gasteiger charge is -2.19. The number of carbonyl (C=O) groups excluding carboxylic acids is 1. The van der Waals surface area contributed by atoms with Crippen LogP contribution in [0.15, 0.2) is 22.7 Å². The second kappa shape index (κ2) is 6.36. The lowest BCUT2D eigenvalue weighted by Crippen LogP contribution is -2.31. The number of nitrogens with zero attached hydrogens (tertiary/aromatic N) is 2. The van der Waals surface area contributed by atoms with Crippen molar-refractivity contribution in [2.45, 2.75) is 13.3 Å². The van der Waals surface area contributed by atoms with E-state index in [2.05, 4.69) is 15.9 Å². The van der Waals surface area contributed by atoms with E-state index in [4.69, 9.17) is 5.26 Å². The van der Waals surface area contributed by atoms with Crippen LogP contribution in [0.4, 0.5) is 4.39 Å². The van der Waals surface area contributed by atoms with Gasteiger partial charge in [-0.25, -0.2) is 4.39 Å². The van der Waals surface area contributed by atoms with Crippen LogP contribution >= 0.6 is 15.9 Å². The summed E-state index contributed by atoms with van der Waals surface area (Å²) in [5, 5.41) is 8.49. The Balaban J connectivity index is 2.86. The maximum Gasteiger partial charge on any atom is 0.253 e. The Morgan fingerprint density at radius 1 is 1.59 bits per heavy atom. The van der Waals surface area contributed by atoms with E-state index in [1.54, 1.807) is 6.07 Å². The molecule has 1 aromatic carbocycles. The number of hydrogen-bond donors (Lipinski definition) is 0. The van der Waals surface area contributed by atoms with E-state index in [0.717, 1.165) is 0 Å². The van der Waals surface area contributed by atoms with Gasteiger partial charge in [0.1, 0.15) is 5.82 Å². The summed E-state index contributed by atoms with van der Waals surface area (Å²) in [4.78, 5) is 13.5. The molecule has 1 rings (SSSR count). The van der Waals surface area contributed by atoms with Crippen molar-refractivity contribution in [3.05, 3.63) is 34.1 Å². The van der Waals surface area contributed by atoms with Crippen molar-refractivity contribution in [1.82, 2.24) is 4.90 Å². The standard InChI is InChI=1S/C12H12BrFN2O/c1-2-16(7-3-6-15)12(17)9-4-5-10(13)11(14)8-9/h4-5,8H,2-3,7H2,1H3.